The molecule has 0 bridgehead atoms. The van der Waals surface area contributed by atoms with Gasteiger partial charge in [-0.1, -0.05) is 38.5 Å². The minimum atomic E-state index is -1.17. The van der Waals surface area contributed by atoms with Crippen LogP contribution in [0.4, 0.5) is 24.7 Å². The molecule has 40 heavy (non-hydrogen) atoms. The van der Waals surface area contributed by atoms with Gasteiger partial charge in [0.05, 0.1) is 24.5 Å². The van der Waals surface area contributed by atoms with Crippen molar-refractivity contribution in [2.24, 2.45) is 5.41 Å². The van der Waals surface area contributed by atoms with E-state index in [0.717, 1.165) is 42.5 Å². The second-order valence-electron chi connectivity index (χ2n) is 11.4. The van der Waals surface area contributed by atoms with Crippen LogP contribution in [0, 0.1) is 17.0 Å². The topological polar surface area (TPSA) is 36.7 Å². The Morgan fingerprint density at radius 1 is 1.00 bits per heavy atom. The predicted octanol–water partition coefficient (Wildman–Crippen LogP) is 7.48. The van der Waals surface area contributed by atoms with E-state index in [9.17, 15) is 13.2 Å². The summed E-state index contributed by atoms with van der Waals surface area (Å²) < 4.78 is 44.7. The lowest BCUT2D eigenvalue weighted by Gasteiger charge is -2.40. The molecule has 0 saturated carbocycles. The van der Waals surface area contributed by atoms with Crippen molar-refractivity contribution in [1.29, 1.82) is 0 Å². The third-order valence-electron chi connectivity index (χ3n) is 8.76. The number of piperidine rings is 1. The van der Waals surface area contributed by atoms with Crippen LogP contribution >= 0.6 is 0 Å². The van der Waals surface area contributed by atoms with E-state index in [1.165, 1.54) is 24.9 Å². The van der Waals surface area contributed by atoms with Gasteiger partial charge in [0.25, 0.3) is 0 Å². The molecule has 0 unspecified atom stereocenters. The van der Waals surface area contributed by atoms with Gasteiger partial charge in [0.1, 0.15) is 23.6 Å². The summed E-state index contributed by atoms with van der Waals surface area (Å²) in [6, 6.07) is 14.8. The number of alkyl halides is 1. The Bertz CT molecular complexity index is 1520. The van der Waals surface area contributed by atoms with Crippen molar-refractivity contribution in [2.45, 2.75) is 51.7 Å². The first kappa shape index (κ1) is 26.4. The van der Waals surface area contributed by atoms with Gasteiger partial charge in [-0.2, -0.15) is 0 Å². The third-order valence-corrected chi connectivity index (χ3v) is 8.76. The zero-order valence-electron chi connectivity index (χ0n) is 22.9. The van der Waals surface area contributed by atoms with Crippen molar-refractivity contribution in [1.82, 2.24) is 14.6 Å². The number of benzene rings is 2. The average molecular weight is 546 g/mol. The van der Waals surface area contributed by atoms with E-state index in [1.54, 1.807) is 27.7 Å². The summed E-state index contributed by atoms with van der Waals surface area (Å²) in [5, 5.41) is 4.73. The zero-order valence-corrected chi connectivity index (χ0v) is 22.9. The first-order valence-electron chi connectivity index (χ1n) is 14.1. The molecule has 0 amide bonds. The molecule has 0 radical (unpaired) electrons. The molecule has 2 aliphatic rings. The standard InChI is InChI=1S/C32H34F3N5/c1-3-32(2)14-16-38(17-15-32)25-8-4-22(5-9-25)6-10-26-20-36-30-12-13-31(37-40(26)30)39-21-24(34)19-29(39)27-18-23(33)7-11-28(27)35/h4-13,18,20,24,29H,3,14-17,19,21H2,1-2H3/b10-6+/t24-,29+/m0/s1. The van der Waals surface area contributed by atoms with Gasteiger partial charge >= 0.3 is 0 Å². The fourth-order valence-electron chi connectivity index (χ4n) is 5.89. The van der Waals surface area contributed by atoms with Crippen LogP contribution in [-0.2, 0) is 0 Å². The molecule has 0 aliphatic carbocycles. The van der Waals surface area contributed by atoms with E-state index in [2.05, 4.69) is 48.0 Å². The highest BCUT2D eigenvalue weighted by atomic mass is 19.1. The van der Waals surface area contributed by atoms with Crippen molar-refractivity contribution in [3.05, 3.63) is 89.2 Å². The van der Waals surface area contributed by atoms with Gasteiger partial charge in [0.15, 0.2) is 5.65 Å². The highest BCUT2D eigenvalue weighted by molar-refractivity contribution is 5.70. The fourth-order valence-corrected chi connectivity index (χ4v) is 5.89. The molecule has 4 aromatic rings. The Morgan fingerprint density at radius 3 is 2.52 bits per heavy atom. The Kier molecular flexibility index (Phi) is 7.02. The van der Waals surface area contributed by atoms with E-state index >= 15 is 0 Å². The SMILES string of the molecule is CCC1(C)CCN(c2ccc(/C=C/c3cnc4ccc(N5C[C@@H](F)C[C@@H]5c5cc(F)ccc5F)nn34)cc2)CC1. The number of anilines is 2. The summed E-state index contributed by atoms with van der Waals surface area (Å²) in [6.07, 6.45) is 8.27. The number of hydrogen-bond donors (Lipinski definition) is 0. The number of imidazole rings is 1. The van der Waals surface area contributed by atoms with E-state index in [-0.39, 0.29) is 18.5 Å². The molecule has 2 fully saturated rings. The summed E-state index contributed by atoms with van der Waals surface area (Å²) in [7, 11) is 0. The normalized spacial score (nSPS) is 21.1. The average Bonchev–Trinajstić information content (AvgIpc) is 3.56. The van der Waals surface area contributed by atoms with E-state index in [1.807, 2.05) is 12.2 Å². The second-order valence-corrected chi connectivity index (χ2v) is 11.4. The molecule has 5 nitrogen and oxygen atoms in total. The van der Waals surface area contributed by atoms with E-state index in [0.29, 0.717) is 16.9 Å². The molecule has 2 aromatic heterocycles. The van der Waals surface area contributed by atoms with Crippen LogP contribution in [0.15, 0.2) is 60.8 Å². The highest BCUT2D eigenvalue weighted by Gasteiger charge is 2.36. The number of fused-ring (bicyclic) bond motifs is 1. The summed E-state index contributed by atoms with van der Waals surface area (Å²) in [4.78, 5) is 8.62. The molecule has 8 heteroatoms. The summed E-state index contributed by atoms with van der Waals surface area (Å²) in [5.74, 6) is -0.616. The van der Waals surface area contributed by atoms with Gasteiger partial charge < -0.3 is 9.80 Å². The van der Waals surface area contributed by atoms with E-state index in [4.69, 9.17) is 5.10 Å². The van der Waals surface area contributed by atoms with Crippen molar-refractivity contribution in [3.63, 3.8) is 0 Å². The lowest BCUT2D eigenvalue weighted by Crippen LogP contribution is -2.38. The lowest BCUT2D eigenvalue weighted by atomic mass is 9.78. The summed E-state index contributed by atoms with van der Waals surface area (Å²) in [6.45, 7) is 6.90. The molecule has 2 saturated heterocycles. The molecule has 208 valence electrons. The van der Waals surface area contributed by atoms with Crippen LogP contribution in [-0.4, -0.2) is 40.4 Å². The highest BCUT2D eigenvalue weighted by Crippen LogP contribution is 2.38. The maximum Gasteiger partial charge on any atom is 0.154 e. The Balaban J connectivity index is 1.21. The van der Waals surface area contributed by atoms with Gasteiger partial charge in [-0.05, 0) is 72.4 Å². The van der Waals surface area contributed by atoms with Gasteiger partial charge in [0, 0.05) is 30.8 Å². The van der Waals surface area contributed by atoms with Crippen LogP contribution in [0.5, 0.6) is 0 Å². The Labute approximate surface area is 232 Å². The number of hydrogen-bond acceptors (Lipinski definition) is 4. The molecule has 2 aromatic carbocycles. The van der Waals surface area contributed by atoms with Gasteiger partial charge in [-0.3, -0.25) is 0 Å². The molecule has 0 spiro atoms. The summed E-state index contributed by atoms with van der Waals surface area (Å²) >= 11 is 0. The van der Waals surface area contributed by atoms with Crippen LogP contribution in [0.25, 0.3) is 17.8 Å². The quantitative estimate of drug-likeness (QED) is 0.252. The largest absolute Gasteiger partial charge is 0.371 e. The lowest BCUT2D eigenvalue weighted by molar-refractivity contribution is 0.238. The van der Waals surface area contributed by atoms with Crippen LogP contribution in [0.2, 0.25) is 0 Å². The first-order valence-corrected chi connectivity index (χ1v) is 14.1. The fraction of sp³-hybridized carbons (Fsp3) is 0.375. The van der Waals surface area contributed by atoms with E-state index < -0.39 is 23.8 Å². The maximum absolute atomic E-state index is 14.6. The number of rotatable bonds is 6. The van der Waals surface area contributed by atoms with Crippen LogP contribution < -0.4 is 9.80 Å². The summed E-state index contributed by atoms with van der Waals surface area (Å²) in [5.41, 5.74) is 4.32. The minimum absolute atomic E-state index is 0.0556. The van der Waals surface area contributed by atoms with Gasteiger partial charge in [0.2, 0.25) is 0 Å². The second kappa shape index (κ2) is 10.6. The van der Waals surface area contributed by atoms with Crippen LogP contribution in [0.3, 0.4) is 0 Å². The van der Waals surface area contributed by atoms with Crippen molar-refractivity contribution in [3.8, 4) is 0 Å². The molecule has 2 atom stereocenters. The van der Waals surface area contributed by atoms with Gasteiger partial charge in [-0.15, -0.1) is 5.10 Å². The predicted molar refractivity (Wildman–Crippen MR) is 154 cm³/mol. The minimum Gasteiger partial charge on any atom is -0.371 e. The van der Waals surface area contributed by atoms with Crippen LogP contribution in [0.1, 0.15) is 62.4 Å². The maximum atomic E-state index is 14.6. The van der Waals surface area contributed by atoms with Crippen molar-refractivity contribution in [2.75, 3.05) is 29.4 Å². The van der Waals surface area contributed by atoms with Crippen molar-refractivity contribution >= 4 is 29.3 Å². The molecule has 0 N–H and O–H groups in total. The number of nitrogens with zero attached hydrogens (tertiary/aromatic N) is 5. The molecule has 4 heterocycles. The molecule has 6 rings (SSSR count). The Morgan fingerprint density at radius 2 is 1.77 bits per heavy atom. The molecule has 2 aliphatic heterocycles. The third kappa shape index (κ3) is 5.19. The van der Waals surface area contributed by atoms with Crippen molar-refractivity contribution < 1.29 is 13.2 Å². The molecular formula is C32H34F3N5. The number of halogens is 3. The van der Waals surface area contributed by atoms with Gasteiger partial charge in [-0.25, -0.2) is 22.7 Å². The monoisotopic (exact) mass is 545 g/mol. The zero-order chi connectivity index (χ0) is 27.9. The first-order chi connectivity index (χ1) is 19.3. The number of aromatic nitrogens is 3. The Hall–Kier alpha value is -3.81. The molecular weight excluding hydrogens is 511 g/mol. The smallest absolute Gasteiger partial charge is 0.154 e.